The average Bonchev–Trinajstić information content (AvgIpc) is 3.16. The fourth-order valence-corrected chi connectivity index (χ4v) is 4.14. The summed E-state index contributed by atoms with van der Waals surface area (Å²) in [6.45, 7) is 11.5. The molecule has 0 N–H and O–H groups in total. The largest absolute Gasteiger partial charge is 0.492 e. The third kappa shape index (κ3) is 3.84. The van der Waals surface area contributed by atoms with Gasteiger partial charge in [0.15, 0.2) is 0 Å². The van der Waals surface area contributed by atoms with Crippen LogP contribution in [0.4, 0.5) is 0 Å². The smallest absolute Gasteiger partial charge is 0.131 e. The van der Waals surface area contributed by atoms with Gasteiger partial charge in [0.2, 0.25) is 0 Å². The SMILES string of the molecule is CC1=C(N2CCN(C)CC2)COc2cc(OCCN3CCCC3)ccc21. The number of hydrogen-bond acceptors (Lipinski definition) is 5. The highest BCUT2D eigenvalue weighted by molar-refractivity contribution is 5.74. The molecule has 1 aromatic carbocycles. The number of likely N-dealkylation sites (N-methyl/N-ethyl adjacent to an activating group) is 1. The maximum Gasteiger partial charge on any atom is 0.131 e. The summed E-state index contributed by atoms with van der Waals surface area (Å²) < 4.78 is 12.1. The van der Waals surface area contributed by atoms with E-state index >= 15 is 0 Å². The van der Waals surface area contributed by atoms with Crippen LogP contribution in [0.5, 0.6) is 11.5 Å². The van der Waals surface area contributed by atoms with Crippen LogP contribution in [0.25, 0.3) is 5.57 Å². The van der Waals surface area contributed by atoms with Crippen molar-refractivity contribution in [2.24, 2.45) is 0 Å². The van der Waals surface area contributed by atoms with Gasteiger partial charge in [-0.15, -0.1) is 0 Å². The number of benzene rings is 1. The lowest BCUT2D eigenvalue weighted by molar-refractivity contribution is 0.168. The molecule has 3 aliphatic heterocycles. The van der Waals surface area contributed by atoms with Crippen molar-refractivity contribution in [1.82, 2.24) is 14.7 Å². The Hall–Kier alpha value is -1.72. The molecule has 3 aliphatic rings. The Morgan fingerprint density at radius 1 is 1.04 bits per heavy atom. The molecular formula is C21H31N3O2. The van der Waals surface area contributed by atoms with Crippen LogP contribution in [0, 0.1) is 0 Å². The van der Waals surface area contributed by atoms with Gasteiger partial charge in [-0.05, 0) is 57.6 Å². The summed E-state index contributed by atoms with van der Waals surface area (Å²) in [4.78, 5) is 7.35. The molecule has 26 heavy (non-hydrogen) atoms. The van der Waals surface area contributed by atoms with Gasteiger partial charge in [-0.1, -0.05) is 0 Å². The van der Waals surface area contributed by atoms with Crippen molar-refractivity contribution in [2.75, 3.05) is 66.1 Å². The normalized spacial score (nSPS) is 21.7. The molecule has 0 aliphatic carbocycles. The lowest BCUT2D eigenvalue weighted by Gasteiger charge is -2.38. The molecule has 0 aromatic heterocycles. The van der Waals surface area contributed by atoms with Crippen LogP contribution in [0.15, 0.2) is 23.9 Å². The summed E-state index contributed by atoms with van der Waals surface area (Å²) in [5.74, 6) is 1.87. The molecule has 0 spiro atoms. The number of hydrogen-bond donors (Lipinski definition) is 0. The zero-order valence-corrected chi connectivity index (χ0v) is 16.2. The molecule has 0 radical (unpaired) electrons. The molecule has 1 aromatic rings. The number of likely N-dealkylation sites (tertiary alicyclic amines) is 1. The molecule has 2 fully saturated rings. The lowest BCUT2D eigenvalue weighted by Crippen LogP contribution is -2.45. The van der Waals surface area contributed by atoms with E-state index < -0.39 is 0 Å². The molecule has 0 bridgehead atoms. The highest BCUT2D eigenvalue weighted by Crippen LogP contribution is 2.36. The summed E-state index contributed by atoms with van der Waals surface area (Å²) in [5.41, 5.74) is 3.89. The van der Waals surface area contributed by atoms with E-state index in [1.54, 1.807) is 0 Å². The third-order valence-corrected chi connectivity index (χ3v) is 5.91. The van der Waals surface area contributed by atoms with E-state index in [9.17, 15) is 0 Å². The first kappa shape index (κ1) is 17.7. The fraction of sp³-hybridized carbons (Fsp3) is 0.619. The minimum atomic E-state index is 0.666. The molecule has 3 heterocycles. The van der Waals surface area contributed by atoms with E-state index in [2.05, 4.69) is 46.9 Å². The maximum absolute atomic E-state index is 6.10. The van der Waals surface area contributed by atoms with E-state index in [0.29, 0.717) is 6.61 Å². The second-order valence-corrected chi connectivity index (χ2v) is 7.71. The summed E-state index contributed by atoms with van der Waals surface area (Å²) >= 11 is 0. The maximum atomic E-state index is 6.10. The Labute approximate surface area is 157 Å². The molecule has 4 rings (SSSR count). The molecule has 0 saturated carbocycles. The summed E-state index contributed by atoms with van der Waals surface area (Å²) in [5, 5.41) is 0. The second-order valence-electron chi connectivity index (χ2n) is 7.71. The van der Waals surface area contributed by atoms with Crippen LogP contribution in [-0.2, 0) is 0 Å². The van der Waals surface area contributed by atoms with Crippen LogP contribution in [-0.4, -0.2) is 80.8 Å². The minimum Gasteiger partial charge on any atom is -0.492 e. The number of piperazine rings is 1. The molecule has 0 atom stereocenters. The fourth-order valence-electron chi connectivity index (χ4n) is 4.14. The van der Waals surface area contributed by atoms with Crippen LogP contribution < -0.4 is 9.47 Å². The Bertz CT molecular complexity index is 659. The number of ether oxygens (including phenoxy) is 2. The van der Waals surface area contributed by atoms with E-state index in [1.165, 1.54) is 42.8 Å². The van der Waals surface area contributed by atoms with Crippen molar-refractivity contribution < 1.29 is 9.47 Å². The summed E-state index contributed by atoms with van der Waals surface area (Å²) in [7, 11) is 2.19. The van der Waals surface area contributed by atoms with Gasteiger partial charge in [-0.2, -0.15) is 0 Å². The highest BCUT2D eigenvalue weighted by Gasteiger charge is 2.24. The van der Waals surface area contributed by atoms with Crippen LogP contribution in [0.1, 0.15) is 25.3 Å². The predicted octanol–water partition coefficient (Wildman–Crippen LogP) is 2.53. The van der Waals surface area contributed by atoms with Crippen molar-refractivity contribution >= 4 is 5.57 Å². The van der Waals surface area contributed by atoms with Gasteiger partial charge < -0.3 is 19.3 Å². The lowest BCUT2D eigenvalue weighted by atomic mass is 10.0. The van der Waals surface area contributed by atoms with Crippen LogP contribution in [0.2, 0.25) is 0 Å². The average molecular weight is 357 g/mol. The van der Waals surface area contributed by atoms with Gasteiger partial charge in [0.1, 0.15) is 24.7 Å². The van der Waals surface area contributed by atoms with E-state index in [-0.39, 0.29) is 0 Å². The van der Waals surface area contributed by atoms with Gasteiger partial charge in [0, 0.05) is 44.4 Å². The monoisotopic (exact) mass is 357 g/mol. The van der Waals surface area contributed by atoms with Crippen LogP contribution >= 0.6 is 0 Å². The standard InChI is InChI=1S/C21H31N3O2/c1-17-19-6-5-18(25-14-13-23-7-3-4-8-23)15-21(19)26-16-20(17)24-11-9-22(2)10-12-24/h5-6,15H,3-4,7-14,16H2,1-2H3. The van der Waals surface area contributed by atoms with Gasteiger partial charge in [0.25, 0.3) is 0 Å². The van der Waals surface area contributed by atoms with Crippen molar-refractivity contribution in [3.8, 4) is 11.5 Å². The Morgan fingerprint density at radius 2 is 1.81 bits per heavy atom. The zero-order valence-electron chi connectivity index (χ0n) is 16.2. The first-order chi connectivity index (χ1) is 12.7. The molecule has 142 valence electrons. The molecule has 5 heteroatoms. The zero-order chi connectivity index (χ0) is 17.9. The third-order valence-electron chi connectivity index (χ3n) is 5.91. The van der Waals surface area contributed by atoms with Crippen molar-refractivity contribution in [3.63, 3.8) is 0 Å². The van der Waals surface area contributed by atoms with E-state index in [0.717, 1.165) is 50.8 Å². The van der Waals surface area contributed by atoms with Crippen molar-refractivity contribution in [1.29, 1.82) is 0 Å². The van der Waals surface area contributed by atoms with Gasteiger partial charge in [-0.25, -0.2) is 0 Å². The van der Waals surface area contributed by atoms with Crippen LogP contribution in [0.3, 0.4) is 0 Å². The first-order valence-electron chi connectivity index (χ1n) is 9.96. The second kappa shape index (κ2) is 7.89. The van der Waals surface area contributed by atoms with E-state index in [1.807, 2.05) is 0 Å². The Kier molecular flexibility index (Phi) is 5.36. The highest BCUT2D eigenvalue weighted by atomic mass is 16.5. The van der Waals surface area contributed by atoms with Gasteiger partial charge in [-0.3, -0.25) is 4.90 Å². The first-order valence-corrected chi connectivity index (χ1v) is 9.96. The minimum absolute atomic E-state index is 0.666. The van der Waals surface area contributed by atoms with Gasteiger partial charge >= 0.3 is 0 Å². The molecular weight excluding hydrogens is 326 g/mol. The summed E-state index contributed by atoms with van der Waals surface area (Å²) in [6, 6.07) is 6.30. The number of fused-ring (bicyclic) bond motifs is 1. The Morgan fingerprint density at radius 3 is 2.58 bits per heavy atom. The van der Waals surface area contributed by atoms with Crippen molar-refractivity contribution in [3.05, 3.63) is 29.5 Å². The molecule has 0 amide bonds. The quantitative estimate of drug-likeness (QED) is 0.808. The topological polar surface area (TPSA) is 28.2 Å². The van der Waals surface area contributed by atoms with E-state index in [4.69, 9.17) is 9.47 Å². The predicted molar refractivity (Wildman–Crippen MR) is 105 cm³/mol. The van der Waals surface area contributed by atoms with Gasteiger partial charge in [0.05, 0.1) is 5.70 Å². The number of nitrogens with zero attached hydrogens (tertiary/aromatic N) is 3. The van der Waals surface area contributed by atoms with Crippen molar-refractivity contribution in [2.45, 2.75) is 19.8 Å². The molecule has 5 nitrogen and oxygen atoms in total. The molecule has 0 unspecified atom stereocenters. The molecule has 2 saturated heterocycles. The number of rotatable bonds is 5. The number of allylic oxidation sites excluding steroid dienone is 1. The summed E-state index contributed by atoms with van der Waals surface area (Å²) in [6.07, 6.45) is 2.65. The Balaban J connectivity index is 1.40.